The summed E-state index contributed by atoms with van der Waals surface area (Å²) in [6, 6.07) is 6.24. The lowest BCUT2D eigenvalue weighted by Crippen LogP contribution is -2.25. The van der Waals surface area contributed by atoms with E-state index in [2.05, 4.69) is 34.3 Å². The van der Waals surface area contributed by atoms with Crippen LogP contribution in [0, 0.1) is 6.92 Å². The Morgan fingerprint density at radius 2 is 2.16 bits per heavy atom. The molecule has 2 aromatic rings. The highest BCUT2D eigenvalue weighted by atomic mass is 16.5. The first-order valence-electron chi connectivity index (χ1n) is 6.69. The van der Waals surface area contributed by atoms with Gasteiger partial charge in [-0.25, -0.2) is 4.98 Å². The van der Waals surface area contributed by atoms with Gasteiger partial charge in [0, 0.05) is 18.2 Å². The number of hydrogen-bond acceptors (Lipinski definition) is 5. The quantitative estimate of drug-likeness (QED) is 0.863. The van der Waals surface area contributed by atoms with E-state index in [0.717, 1.165) is 30.8 Å². The summed E-state index contributed by atoms with van der Waals surface area (Å²) >= 11 is 0. The molecule has 0 radical (unpaired) electrons. The van der Waals surface area contributed by atoms with Crippen molar-refractivity contribution in [1.82, 2.24) is 20.4 Å². The van der Waals surface area contributed by atoms with E-state index < -0.39 is 0 Å². The molecular weight excluding hydrogens is 240 g/mol. The van der Waals surface area contributed by atoms with Crippen molar-refractivity contribution in [1.29, 1.82) is 0 Å². The predicted octanol–water partition coefficient (Wildman–Crippen LogP) is 2.37. The zero-order chi connectivity index (χ0) is 13.7. The second-order valence-electron chi connectivity index (χ2n) is 4.67. The lowest BCUT2D eigenvalue weighted by molar-refractivity contribution is 0.368. The van der Waals surface area contributed by atoms with Crippen LogP contribution in [0.5, 0.6) is 0 Å². The summed E-state index contributed by atoms with van der Waals surface area (Å²) in [7, 11) is 0. The number of pyridine rings is 1. The molecule has 0 aliphatic carbocycles. The Morgan fingerprint density at radius 3 is 2.89 bits per heavy atom. The molecule has 0 saturated carbocycles. The van der Waals surface area contributed by atoms with E-state index in [0.29, 0.717) is 17.8 Å². The third kappa shape index (κ3) is 3.86. The highest BCUT2D eigenvalue weighted by molar-refractivity contribution is 5.47. The maximum atomic E-state index is 5.26. The molecule has 0 aliphatic rings. The molecule has 0 bridgehead atoms. The number of aryl methyl sites for hydroxylation is 2. The van der Waals surface area contributed by atoms with Gasteiger partial charge in [-0.3, -0.25) is 0 Å². The van der Waals surface area contributed by atoms with Crippen molar-refractivity contribution in [2.24, 2.45) is 0 Å². The van der Waals surface area contributed by atoms with Gasteiger partial charge in [-0.2, -0.15) is 4.98 Å². The first kappa shape index (κ1) is 13.7. The average Bonchev–Trinajstić information content (AvgIpc) is 2.85. The zero-order valence-electron chi connectivity index (χ0n) is 11.7. The summed E-state index contributed by atoms with van der Waals surface area (Å²) in [5, 5.41) is 7.34. The van der Waals surface area contributed by atoms with E-state index in [1.54, 1.807) is 0 Å². The Bertz CT molecular complexity index is 524. The maximum Gasteiger partial charge on any atom is 0.227 e. The van der Waals surface area contributed by atoms with Crippen LogP contribution in [0.4, 0.5) is 0 Å². The van der Waals surface area contributed by atoms with Gasteiger partial charge in [-0.05, 0) is 38.9 Å². The van der Waals surface area contributed by atoms with Crippen LogP contribution in [0.3, 0.4) is 0 Å². The van der Waals surface area contributed by atoms with E-state index in [1.807, 2.05) is 25.1 Å². The summed E-state index contributed by atoms with van der Waals surface area (Å²) in [6.07, 6.45) is 1.77. The molecule has 5 nitrogen and oxygen atoms in total. The van der Waals surface area contributed by atoms with Gasteiger partial charge in [0.15, 0.2) is 0 Å². The molecule has 0 fully saturated rings. The van der Waals surface area contributed by atoms with E-state index in [1.165, 1.54) is 0 Å². The lowest BCUT2D eigenvalue weighted by Gasteiger charge is -2.09. The Morgan fingerprint density at radius 1 is 1.32 bits per heavy atom. The molecule has 0 saturated heterocycles. The van der Waals surface area contributed by atoms with Crippen molar-refractivity contribution in [3.8, 4) is 11.5 Å². The van der Waals surface area contributed by atoms with E-state index >= 15 is 0 Å². The monoisotopic (exact) mass is 260 g/mol. The first-order valence-corrected chi connectivity index (χ1v) is 6.69. The van der Waals surface area contributed by atoms with E-state index in [-0.39, 0.29) is 0 Å². The van der Waals surface area contributed by atoms with Crippen LogP contribution in [-0.2, 0) is 6.42 Å². The summed E-state index contributed by atoms with van der Waals surface area (Å²) in [5.41, 5.74) is 1.71. The minimum Gasteiger partial charge on any atom is -0.339 e. The molecule has 2 heterocycles. The molecule has 0 amide bonds. The highest BCUT2D eigenvalue weighted by Gasteiger charge is 2.10. The Kier molecular flexibility index (Phi) is 4.63. The SMILES string of the molecule is CCNC(C)CCc1nc(-c2cccc(C)n2)no1. The van der Waals surface area contributed by atoms with E-state index in [9.17, 15) is 0 Å². The average molecular weight is 260 g/mol. The zero-order valence-corrected chi connectivity index (χ0v) is 11.7. The Labute approximate surface area is 113 Å². The molecule has 1 atom stereocenters. The standard InChI is InChI=1S/C14H20N4O/c1-4-15-10(2)8-9-13-17-14(18-19-13)12-7-5-6-11(3)16-12/h5-7,10,15H,4,8-9H2,1-3H3. The number of rotatable bonds is 6. The molecule has 5 heteroatoms. The van der Waals surface area contributed by atoms with Crippen LogP contribution >= 0.6 is 0 Å². The Balaban J connectivity index is 1.99. The predicted molar refractivity (Wildman–Crippen MR) is 73.7 cm³/mol. The topological polar surface area (TPSA) is 63.8 Å². The van der Waals surface area contributed by atoms with Crippen LogP contribution in [0.25, 0.3) is 11.5 Å². The second-order valence-corrected chi connectivity index (χ2v) is 4.67. The maximum absolute atomic E-state index is 5.26. The van der Waals surface area contributed by atoms with Crippen LogP contribution < -0.4 is 5.32 Å². The van der Waals surface area contributed by atoms with Gasteiger partial charge in [0.25, 0.3) is 0 Å². The fourth-order valence-corrected chi connectivity index (χ4v) is 1.92. The molecular formula is C14H20N4O. The number of nitrogens with zero attached hydrogens (tertiary/aromatic N) is 3. The van der Waals surface area contributed by atoms with Gasteiger partial charge >= 0.3 is 0 Å². The van der Waals surface area contributed by atoms with Crippen molar-refractivity contribution in [2.75, 3.05) is 6.54 Å². The van der Waals surface area contributed by atoms with Crippen LogP contribution in [0.2, 0.25) is 0 Å². The smallest absolute Gasteiger partial charge is 0.227 e. The summed E-state index contributed by atoms with van der Waals surface area (Å²) in [5.74, 6) is 1.23. The second kappa shape index (κ2) is 6.43. The summed E-state index contributed by atoms with van der Waals surface area (Å²) < 4.78 is 5.26. The van der Waals surface area contributed by atoms with Gasteiger partial charge in [0.1, 0.15) is 5.69 Å². The normalized spacial score (nSPS) is 12.6. The van der Waals surface area contributed by atoms with Crippen molar-refractivity contribution < 1.29 is 4.52 Å². The molecule has 0 spiro atoms. The third-order valence-corrected chi connectivity index (χ3v) is 2.93. The molecule has 102 valence electrons. The fourth-order valence-electron chi connectivity index (χ4n) is 1.92. The van der Waals surface area contributed by atoms with Gasteiger partial charge in [-0.15, -0.1) is 0 Å². The molecule has 2 rings (SSSR count). The number of aromatic nitrogens is 3. The van der Waals surface area contributed by atoms with Crippen LogP contribution in [0.15, 0.2) is 22.7 Å². The molecule has 0 aliphatic heterocycles. The van der Waals surface area contributed by atoms with Crippen molar-refractivity contribution in [2.45, 2.75) is 39.7 Å². The molecule has 19 heavy (non-hydrogen) atoms. The molecule has 1 unspecified atom stereocenters. The number of nitrogens with one attached hydrogen (secondary N) is 1. The Hall–Kier alpha value is -1.75. The molecule has 0 aromatic carbocycles. The summed E-state index contributed by atoms with van der Waals surface area (Å²) in [4.78, 5) is 8.77. The first-order chi connectivity index (χ1) is 9.19. The lowest BCUT2D eigenvalue weighted by atomic mass is 10.2. The largest absolute Gasteiger partial charge is 0.339 e. The van der Waals surface area contributed by atoms with Crippen molar-refractivity contribution in [3.05, 3.63) is 29.8 Å². The van der Waals surface area contributed by atoms with Gasteiger partial charge in [0.05, 0.1) is 0 Å². The minimum atomic E-state index is 0.456. The van der Waals surface area contributed by atoms with Crippen molar-refractivity contribution >= 4 is 0 Å². The fraction of sp³-hybridized carbons (Fsp3) is 0.500. The van der Waals surface area contributed by atoms with Gasteiger partial charge in [0.2, 0.25) is 11.7 Å². The molecule has 1 N–H and O–H groups in total. The van der Waals surface area contributed by atoms with E-state index in [4.69, 9.17) is 4.52 Å². The minimum absolute atomic E-state index is 0.456. The molecule has 2 aromatic heterocycles. The van der Waals surface area contributed by atoms with Gasteiger partial charge < -0.3 is 9.84 Å². The summed E-state index contributed by atoms with van der Waals surface area (Å²) in [6.45, 7) is 7.18. The van der Waals surface area contributed by atoms with Crippen LogP contribution in [0.1, 0.15) is 31.9 Å². The number of hydrogen-bond donors (Lipinski definition) is 1. The van der Waals surface area contributed by atoms with Crippen LogP contribution in [-0.4, -0.2) is 27.7 Å². The third-order valence-electron chi connectivity index (χ3n) is 2.93. The highest BCUT2D eigenvalue weighted by Crippen LogP contribution is 2.14. The van der Waals surface area contributed by atoms with Gasteiger partial charge in [-0.1, -0.05) is 18.1 Å². The van der Waals surface area contributed by atoms with Crippen molar-refractivity contribution in [3.63, 3.8) is 0 Å².